The van der Waals surface area contributed by atoms with Crippen LogP contribution in [0.5, 0.6) is 0 Å². The molecule has 1 aromatic rings. The van der Waals surface area contributed by atoms with Crippen molar-refractivity contribution < 1.29 is 8.42 Å². The van der Waals surface area contributed by atoms with Crippen molar-refractivity contribution >= 4 is 10.0 Å². The fraction of sp³-hybridized carbons (Fsp3) is 0.143. The van der Waals surface area contributed by atoms with Gasteiger partial charge in [0, 0.05) is 0 Å². The summed E-state index contributed by atoms with van der Waals surface area (Å²) < 4.78 is 21.4. The van der Waals surface area contributed by atoms with Gasteiger partial charge in [0.1, 0.15) is 0 Å². The molecule has 59 valence electrons. The number of rotatable bonds is 1. The average molecular weight is 170 g/mol. The van der Waals surface area contributed by atoms with Gasteiger partial charge in [-0.25, -0.2) is 13.6 Å². The van der Waals surface area contributed by atoms with Crippen LogP contribution in [0.15, 0.2) is 23.1 Å². The van der Waals surface area contributed by atoms with Crippen molar-refractivity contribution in [3.63, 3.8) is 0 Å². The zero-order chi connectivity index (χ0) is 8.48. The number of hydrogen-bond acceptors (Lipinski definition) is 2. The first-order chi connectivity index (χ1) is 5.00. The Labute approximate surface area is 65.9 Å². The molecule has 0 heterocycles. The van der Waals surface area contributed by atoms with E-state index in [1.807, 2.05) is 6.92 Å². The number of hydrogen-bond donors (Lipinski definition) is 1. The lowest BCUT2D eigenvalue weighted by Gasteiger charge is -1.96. The Morgan fingerprint density at radius 3 is 2.45 bits per heavy atom. The van der Waals surface area contributed by atoms with Gasteiger partial charge in [0.15, 0.2) is 0 Å². The van der Waals surface area contributed by atoms with Crippen LogP contribution in [0.25, 0.3) is 0 Å². The number of primary sulfonamides is 1. The van der Waals surface area contributed by atoms with Crippen LogP contribution in [0.3, 0.4) is 0 Å². The van der Waals surface area contributed by atoms with E-state index in [1.54, 1.807) is 6.07 Å². The van der Waals surface area contributed by atoms with Gasteiger partial charge in [0.05, 0.1) is 4.90 Å². The number of benzene rings is 1. The molecule has 1 aromatic carbocycles. The van der Waals surface area contributed by atoms with E-state index in [2.05, 4.69) is 6.07 Å². The predicted molar refractivity (Wildman–Crippen MR) is 41.4 cm³/mol. The van der Waals surface area contributed by atoms with E-state index in [0.717, 1.165) is 5.56 Å². The first-order valence-electron chi connectivity index (χ1n) is 3.01. The number of sulfonamides is 1. The second-order valence-electron chi connectivity index (χ2n) is 2.25. The molecule has 0 amide bonds. The minimum absolute atomic E-state index is 0.100. The van der Waals surface area contributed by atoms with Crippen molar-refractivity contribution in [2.24, 2.45) is 5.14 Å². The minimum Gasteiger partial charge on any atom is -0.225 e. The van der Waals surface area contributed by atoms with Crippen LogP contribution in [-0.4, -0.2) is 8.42 Å². The lowest BCUT2D eigenvalue weighted by molar-refractivity contribution is 0.598. The maximum Gasteiger partial charge on any atom is 0.238 e. The minimum atomic E-state index is -3.55. The van der Waals surface area contributed by atoms with Crippen molar-refractivity contribution in [1.82, 2.24) is 0 Å². The summed E-state index contributed by atoms with van der Waals surface area (Å²) in [5, 5.41) is 4.86. The standard InChI is InChI=1S/C7H8NO2S/c1-6-2-4-7(5-3-6)11(8,9)10/h2,4-5H,1H3,(H2,8,9,10). The third-order valence-electron chi connectivity index (χ3n) is 1.27. The molecule has 0 aliphatic carbocycles. The normalized spacial score (nSPS) is 11.5. The SMILES string of the molecule is Cc1[c]cc(S(N)(=O)=O)cc1. The molecule has 0 aliphatic rings. The van der Waals surface area contributed by atoms with Crippen LogP contribution >= 0.6 is 0 Å². The summed E-state index contributed by atoms with van der Waals surface area (Å²) in [6, 6.07) is 7.22. The first kappa shape index (κ1) is 8.23. The van der Waals surface area contributed by atoms with Crippen LogP contribution in [0.2, 0.25) is 0 Å². The Morgan fingerprint density at radius 2 is 2.09 bits per heavy atom. The highest BCUT2D eigenvalue weighted by Crippen LogP contribution is 2.06. The zero-order valence-corrected chi connectivity index (χ0v) is 6.85. The molecule has 0 saturated carbocycles. The van der Waals surface area contributed by atoms with Gasteiger partial charge in [-0.05, 0) is 30.7 Å². The van der Waals surface area contributed by atoms with Gasteiger partial charge < -0.3 is 0 Å². The monoisotopic (exact) mass is 170 g/mol. The molecule has 3 nitrogen and oxygen atoms in total. The Hall–Kier alpha value is -0.870. The van der Waals surface area contributed by atoms with Gasteiger partial charge >= 0.3 is 0 Å². The summed E-state index contributed by atoms with van der Waals surface area (Å²) in [5.74, 6) is 0. The molecular formula is C7H8NO2S. The van der Waals surface area contributed by atoms with Crippen LogP contribution in [0.1, 0.15) is 5.56 Å². The highest BCUT2D eigenvalue weighted by molar-refractivity contribution is 7.89. The Kier molecular flexibility index (Phi) is 1.97. The fourth-order valence-electron chi connectivity index (χ4n) is 0.665. The van der Waals surface area contributed by atoms with E-state index in [9.17, 15) is 8.42 Å². The first-order valence-corrected chi connectivity index (χ1v) is 4.56. The molecule has 0 fully saturated rings. The van der Waals surface area contributed by atoms with Gasteiger partial charge in [-0.15, -0.1) is 0 Å². The molecule has 0 unspecified atom stereocenters. The van der Waals surface area contributed by atoms with E-state index in [1.165, 1.54) is 12.1 Å². The summed E-state index contributed by atoms with van der Waals surface area (Å²) in [7, 11) is -3.55. The van der Waals surface area contributed by atoms with Crippen molar-refractivity contribution in [3.05, 3.63) is 29.8 Å². The number of nitrogens with two attached hydrogens (primary N) is 1. The molecular weight excluding hydrogens is 162 g/mol. The molecule has 0 aliphatic heterocycles. The molecule has 0 spiro atoms. The van der Waals surface area contributed by atoms with Crippen LogP contribution in [0.4, 0.5) is 0 Å². The molecule has 4 heteroatoms. The Bertz CT molecular complexity index is 339. The average Bonchev–Trinajstić information content (AvgIpc) is 1.86. The van der Waals surface area contributed by atoms with Gasteiger partial charge in [-0.1, -0.05) is 6.07 Å². The van der Waals surface area contributed by atoms with E-state index in [-0.39, 0.29) is 4.90 Å². The fourth-order valence-corrected chi connectivity index (χ4v) is 1.15. The van der Waals surface area contributed by atoms with E-state index in [4.69, 9.17) is 5.14 Å². The maximum absolute atomic E-state index is 10.7. The largest absolute Gasteiger partial charge is 0.238 e. The summed E-state index contributed by atoms with van der Waals surface area (Å²) in [5.41, 5.74) is 0.886. The summed E-state index contributed by atoms with van der Waals surface area (Å²) >= 11 is 0. The van der Waals surface area contributed by atoms with Crippen LogP contribution in [-0.2, 0) is 10.0 Å². The lowest BCUT2D eigenvalue weighted by Crippen LogP contribution is -2.11. The highest BCUT2D eigenvalue weighted by atomic mass is 32.2. The number of aryl methyl sites for hydroxylation is 1. The summed E-state index contributed by atoms with van der Waals surface area (Å²) in [6.07, 6.45) is 0. The Morgan fingerprint density at radius 1 is 1.45 bits per heavy atom. The maximum atomic E-state index is 10.7. The van der Waals surface area contributed by atoms with Crippen LogP contribution < -0.4 is 5.14 Å². The molecule has 2 N–H and O–H groups in total. The second-order valence-corrected chi connectivity index (χ2v) is 3.81. The Balaban J connectivity index is 3.20. The summed E-state index contributed by atoms with van der Waals surface area (Å²) in [6.45, 7) is 1.83. The van der Waals surface area contributed by atoms with Gasteiger partial charge in [-0.3, -0.25) is 0 Å². The van der Waals surface area contributed by atoms with Crippen molar-refractivity contribution in [3.8, 4) is 0 Å². The third kappa shape index (κ3) is 2.03. The topological polar surface area (TPSA) is 60.2 Å². The summed E-state index contributed by atoms with van der Waals surface area (Å²) in [4.78, 5) is 0.100. The second kappa shape index (κ2) is 2.64. The molecule has 0 bridgehead atoms. The van der Waals surface area contributed by atoms with E-state index >= 15 is 0 Å². The van der Waals surface area contributed by atoms with Crippen molar-refractivity contribution in [2.75, 3.05) is 0 Å². The molecule has 1 radical (unpaired) electrons. The molecule has 0 aromatic heterocycles. The molecule has 0 atom stereocenters. The molecule has 11 heavy (non-hydrogen) atoms. The van der Waals surface area contributed by atoms with Gasteiger partial charge in [-0.2, -0.15) is 0 Å². The van der Waals surface area contributed by atoms with Crippen LogP contribution in [0, 0.1) is 13.0 Å². The zero-order valence-electron chi connectivity index (χ0n) is 6.03. The third-order valence-corrected chi connectivity index (χ3v) is 2.18. The highest BCUT2D eigenvalue weighted by Gasteiger charge is 2.05. The predicted octanol–water partition coefficient (Wildman–Crippen LogP) is 0.443. The van der Waals surface area contributed by atoms with Gasteiger partial charge in [0.25, 0.3) is 0 Å². The quantitative estimate of drug-likeness (QED) is 0.665. The molecule has 1 rings (SSSR count). The van der Waals surface area contributed by atoms with Crippen molar-refractivity contribution in [2.45, 2.75) is 11.8 Å². The smallest absolute Gasteiger partial charge is 0.225 e. The van der Waals surface area contributed by atoms with Crippen molar-refractivity contribution in [1.29, 1.82) is 0 Å². The van der Waals surface area contributed by atoms with E-state index in [0.29, 0.717) is 0 Å². The lowest BCUT2D eigenvalue weighted by atomic mass is 10.2. The van der Waals surface area contributed by atoms with Gasteiger partial charge in [0.2, 0.25) is 10.0 Å². The molecule has 0 saturated heterocycles. The van der Waals surface area contributed by atoms with E-state index < -0.39 is 10.0 Å².